The quantitative estimate of drug-likeness (QED) is 0.728. The second-order valence-electron chi connectivity index (χ2n) is 6.63. The van der Waals surface area contributed by atoms with Crippen molar-refractivity contribution in [2.24, 2.45) is 0 Å². The Bertz CT molecular complexity index is 819. The third-order valence-electron chi connectivity index (χ3n) is 4.65. The molecule has 1 saturated heterocycles. The summed E-state index contributed by atoms with van der Waals surface area (Å²) < 4.78 is 10.8. The Morgan fingerprint density at radius 2 is 1.93 bits per heavy atom. The maximum absolute atomic E-state index is 12.4. The van der Waals surface area contributed by atoms with E-state index in [1.807, 2.05) is 24.3 Å². The first kappa shape index (κ1) is 19.8. The molecule has 2 N–H and O–H groups in total. The first-order chi connectivity index (χ1) is 13.7. The number of ether oxygens (including phenoxy) is 2. The number of nitrogens with zero attached hydrogens (tertiary/aromatic N) is 1. The molecule has 2 aromatic rings. The van der Waals surface area contributed by atoms with Crippen molar-refractivity contribution < 1.29 is 19.1 Å². The summed E-state index contributed by atoms with van der Waals surface area (Å²) in [5.41, 5.74) is 1.73. The van der Waals surface area contributed by atoms with Crippen molar-refractivity contribution in [2.75, 3.05) is 26.8 Å². The predicted molar refractivity (Wildman–Crippen MR) is 105 cm³/mol. The van der Waals surface area contributed by atoms with E-state index >= 15 is 0 Å². The molecular weight excluding hydrogens is 358 g/mol. The number of pyridine rings is 1. The average Bonchev–Trinajstić information content (AvgIpc) is 3.26. The molecular formula is C21H25N3O4. The molecule has 0 saturated carbocycles. The van der Waals surface area contributed by atoms with E-state index in [9.17, 15) is 9.59 Å². The van der Waals surface area contributed by atoms with Gasteiger partial charge in [-0.1, -0.05) is 18.2 Å². The zero-order valence-electron chi connectivity index (χ0n) is 15.9. The van der Waals surface area contributed by atoms with Gasteiger partial charge in [-0.25, -0.2) is 0 Å². The van der Waals surface area contributed by atoms with Gasteiger partial charge >= 0.3 is 0 Å². The van der Waals surface area contributed by atoms with Crippen molar-refractivity contribution in [2.45, 2.75) is 25.4 Å². The van der Waals surface area contributed by atoms with Gasteiger partial charge in [0.05, 0.1) is 24.3 Å². The van der Waals surface area contributed by atoms with Crippen LogP contribution in [0.25, 0.3) is 0 Å². The number of carbonyl (C=O) groups excluding carboxylic acids is 2. The highest BCUT2D eigenvalue weighted by Gasteiger charge is 2.17. The zero-order chi connectivity index (χ0) is 19.8. The lowest BCUT2D eigenvalue weighted by Gasteiger charge is -2.11. The number of benzene rings is 1. The Morgan fingerprint density at radius 3 is 2.64 bits per heavy atom. The van der Waals surface area contributed by atoms with Crippen LogP contribution in [0.4, 0.5) is 0 Å². The summed E-state index contributed by atoms with van der Waals surface area (Å²) in [5, 5.41) is 5.69. The van der Waals surface area contributed by atoms with Crippen LogP contribution >= 0.6 is 0 Å². The van der Waals surface area contributed by atoms with Gasteiger partial charge in [0.25, 0.3) is 11.8 Å². The van der Waals surface area contributed by atoms with E-state index in [4.69, 9.17) is 9.47 Å². The molecule has 0 radical (unpaired) electrons. The summed E-state index contributed by atoms with van der Waals surface area (Å²) in [6.45, 7) is 1.66. The van der Waals surface area contributed by atoms with Gasteiger partial charge in [0.1, 0.15) is 5.75 Å². The number of aromatic nitrogens is 1. The van der Waals surface area contributed by atoms with Crippen LogP contribution in [0.1, 0.15) is 39.1 Å². The maximum atomic E-state index is 12.4. The Hall–Kier alpha value is -2.93. The van der Waals surface area contributed by atoms with Crippen molar-refractivity contribution in [3.05, 3.63) is 59.4 Å². The largest absolute Gasteiger partial charge is 0.496 e. The van der Waals surface area contributed by atoms with Crippen LogP contribution in [0.3, 0.4) is 0 Å². The molecule has 1 unspecified atom stereocenters. The van der Waals surface area contributed by atoms with Crippen LogP contribution in [0.15, 0.2) is 42.7 Å². The lowest BCUT2D eigenvalue weighted by atomic mass is 10.1. The lowest BCUT2D eigenvalue weighted by molar-refractivity contribution is 0.0857. The van der Waals surface area contributed by atoms with E-state index in [1.165, 1.54) is 12.4 Å². The predicted octanol–water partition coefficient (Wildman–Crippen LogP) is 1.97. The molecule has 2 amide bonds. The minimum Gasteiger partial charge on any atom is -0.496 e. The summed E-state index contributed by atoms with van der Waals surface area (Å²) in [6, 6.07) is 9.24. The van der Waals surface area contributed by atoms with Gasteiger partial charge in [0.2, 0.25) is 0 Å². The van der Waals surface area contributed by atoms with Crippen LogP contribution in [0, 0.1) is 0 Å². The summed E-state index contributed by atoms with van der Waals surface area (Å²) in [7, 11) is 1.62. The second-order valence-corrected chi connectivity index (χ2v) is 6.63. The summed E-state index contributed by atoms with van der Waals surface area (Å²) in [5.74, 6) is 0.270. The molecule has 0 aliphatic carbocycles. The van der Waals surface area contributed by atoms with Gasteiger partial charge in [-0.3, -0.25) is 14.6 Å². The van der Waals surface area contributed by atoms with Gasteiger partial charge in [-0.15, -0.1) is 0 Å². The minimum atomic E-state index is -0.267. The van der Waals surface area contributed by atoms with Gasteiger partial charge in [0, 0.05) is 32.1 Å². The van der Waals surface area contributed by atoms with Crippen molar-refractivity contribution in [3.63, 3.8) is 0 Å². The molecule has 1 aliphatic heterocycles. The SMILES string of the molecule is COc1ccccc1CCNC(=O)c1cncc(C(=O)NCC2CCCO2)c1. The maximum Gasteiger partial charge on any atom is 0.252 e. The van der Waals surface area contributed by atoms with E-state index in [-0.39, 0.29) is 17.9 Å². The summed E-state index contributed by atoms with van der Waals surface area (Å²) in [6.07, 6.45) is 5.59. The number of para-hydroxylation sites is 1. The van der Waals surface area contributed by atoms with Crippen molar-refractivity contribution in [3.8, 4) is 5.75 Å². The zero-order valence-corrected chi connectivity index (χ0v) is 15.9. The number of hydrogen-bond donors (Lipinski definition) is 2. The first-order valence-electron chi connectivity index (χ1n) is 9.42. The fourth-order valence-electron chi connectivity index (χ4n) is 3.12. The Kier molecular flexibility index (Phi) is 6.97. The highest BCUT2D eigenvalue weighted by molar-refractivity contribution is 5.99. The average molecular weight is 383 g/mol. The van der Waals surface area contributed by atoms with Crippen LogP contribution < -0.4 is 15.4 Å². The molecule has 7 nitrogen and oxygen atoms in total. The molecule has 1 atom stereocenters. The van der Waals surface area contributed by atoms with E-state index in [0.29, 0.717) is 30.6 Å². The van der Waals surface area contributed by atoms with Crippen molar-refractivity contribution >= 4 is 11.8 Å². The number of rotatable bonds is 8. The van der Waals surface area contributed by atoms with Gasteiger partial charge in [-0.2, -0.15) is 0 Å². The number of hydrogen-bond acceptors (Lipinski definition) is 5. The number of carbonyl (C=O) groups is 2. The van der Waals surface area contributed by atoms with Crippen LogP contribution in [0.5, 0.6) is 5.75 Å². The molecule has 7 heteroatoms. The van der Waals surface area contributed by atoms with Gasteiger partial charge in [-0.05, 0) is 37.0 Å². The third-order valence-corrected chi connectivity index (χ3v) is 4.65. The van der Waals surface area contributed by atoms with Crippen LogP contribution in [-0.2, 0) is 11.2 Å². The molecule has 28 heavy (non-hydrogen) atoms. The normalized spacial score (nSPS) is 15.8. The van der Waals surface area contributed by atoms with Gasteiger partial charge < -0.3 is 20.1 Å². The summed E-state index contributed by atoms with van der Waals surface area (Å²) >= 11 is 0. The highest BCUT2D eigenvalue weighted by Crippen LogP contribution is 2.17. The van der Waals surface area contributed by atoms with E-state index in [0.717, 1.165) is 30.8 Å². The molecule has 0 bridgehead atoms. The molecule has 2 heterocycles. The van der Waals surface area contributed by atoms with Crippen LogP contribution in [0.2, 0.25) is 0 Å². The molecule has 148 valence electrons. The van der Waals surface area contributed by atoms with E-state index < -0.39 is 0 Å². The Labute approximate surface area is 164 Å². The molecule has 3 rings (SSSR count). The smallest absolute Gasteiger partial charge is 0.252 e. The molecule has 1 fully saturated rings. The Balaban J connectivity index is 1.52. The lowest BCUT2D eigenvalue weighted by Crippen LogP contribution is -2.32. The highest BCUT2D eigenvalue weighted by atomic mass is 16.5. The molecule has 1 aromatic heterocycles. The fraction of sp³-hybridized carbons (Fsp3) is 0.381. The van der Waals surface area contributed by atoms with E-state index in [2.05, 4.69) is 15.6 Å². The number of amides is 2. The standard InChI is InChI=1S/C21H25N3O4/c1-27-19-7-3-2-5-15(19)8-9-23-20(25)16-11-17(13-22-12-16)21(26)24-14-18-6-4-10-28-18/h2-3,5,7,11-13,18H,4,6,8-10,14H2,1H3,(H,23,25)(H,24,26). The van der Waals surface area contributed by atoms with Gasteiger partial charge in [0.15, 0.2) is 0 Å². The third kappa shape index (κ3) is 5.29. The molecule has 0 spiro atoms. The first-order valence-corrected chi connectivity index (χ1v) is 9.42. The van der Waals surface area contributed by atoms with Crippen molar-refractivity contribution in [1.29, 1.82) is 0 Å². The molecule has 1 aromatic carbocycles. The van der Waals surface area contributed by atoms with E-state index in [1.54, 1.807) is 13.2 Å². The second kappa shape index (κ2) is 9.85. The fourth-order valence-corrected chi connectivity index (χ4v) is 3.12. The molecule has 1 aliphatic rings. The topological polar surface area (TPSA) is 89.5 Å². The number of methoxy groups -OCH3 is 1. The summed E-state index contributed by atoms with van der Waals surface area (Å²) in [4.78, 5) is 28.7. The number of nitrogens with one attached hydrogen (secondary N) is 2. The van der Waals surface area contributed by atoms with Crippen molar-refractivity contribution in [1.82, 2.24) is 15.6 Å². The monoisotopic (exact) mass is 383 g/mol. The van der Waals surface area contributed by atoms with Crippen LogP contribution in [-0.4, -0.2) is 49.7 Å². The minimum absolute atomic E-state index is 0.0679. The Morgan fingerprint density at radius 1 is 1.18 bits per heavy atom.